The number of para-hydroxylation sites is 1. The molecule has 0 aliphatic heterocycles. The van der Waals surface area contributed by atoms with Crippen LogP contribution in [0.2, 0.25) is 0 Å². The average Bonchev–Trinajstić information content (AvgIpc) is 2.63. The van der Waals surface area contributed by atoms with Crippen LogP contribution in [0.15, 0.2) is 58.5 Å². The molecule has 1 aromatic heterocycles. The molecule has 0 unspecified atom stereocenters. The second-order valence-electron chi connectivity index (χ2n) is 5.67. The van der Waals surface area contributed by atoms with Gasteiger partial charge in [0.1, 0.15) is 0 Å². The Hall–Kier alpha value is -2.60. The Kier molecular flexibility index (Phi) is 5.19. The van der Waals surface area contributed by atoms with E-state index in [0.717, 1.165) is 12.1 Å². The molecule has 0 aliphatic carbocycles. The Morgan fingerprint density at radius 3 is 2.80 bits per heavy atom. The molecule has 1 heterocycles. The minimum absolute atomic E-state index is 0.107. The minimum atomic E-state index is -0.124. The molecule has 1 N–H and O–H groups in total. The minimum Gasteiger partial charge on any atom is -0.325 e. The Morgan fingerprint density at radius 1 is 1.20 bits per heavy atom. The summed E-state index contributed by atoms with van der Waals surface area (Å²) in [5.41, 5.74) is 2.49. The predicted molar refractivity (Wildman–Crippen MR) is 102 cm³/mol. The summed E-state index contributed by atoms with van der Waals surface area (Å²) in [6.07, 6.45) is 0.918. The Morgan fingerprint density at radius 2 is 2.00 bits per heavy atom. The van der Waals surface area contributed by atoms with E-state index in [1.807, 2.05) is 36.4 Å². The molecule has 0 bridgehead atoms. The number of anilines is 1. The first kappa shape index (κ1) is 17.2. The number of nitrogens with zero attached hydrogens (tertiary/aromatic N) is 2. The van der Waals surface area contributed by atoms with Gasteiger partial charge in [0.25, 0.3) is 5.56 Å². The van der Waals surface area contributed by atoms with Gasteiger partial charge >= 0.3 is 0 Å². The van der Waals surface area contributed by atoms with Crippen LogP contribution in [-0.4, -0.2) is 21.2 Å². The molecular weight excluding hydrogens is 334 g/mol. The molecule has 2 aromatic carbocycles. The van der Waals surface area contributed by atoms with Crippen molar-refractivity contribution in [2.45, 2.75) is 18.5 Å². The van der Waals surface area contributed by atoms with Gasteiger partial charge in [-0.15, -0.1) is 0 Å². The molecule has 0 saturated carbocycles. The van der Waals surface area contributed by atoms with Crippen LogP contribution in [0.3, 0.4) is 0 Å². The number of nitrogens with one attached hydrogen (secondary N) is 1. The third kappa shape index (κ3) is 3.91. The van der Waals surface area contributed by atoms with Crippen LogP contribution in [-0.2, 0) is 18.3 Å². The Labute approximate surface area is 150 Å². The van der Waals surface area contributed by atoms with E-state index in [0.29, 0.717) is 16.1 Å². The summed E-state index contributed by atoms with van der Waals surface area (Å²) >= 11 is 1.25. The normalized spacial score (nSPS) is 10.8. The van der Waals surface area contributed by atoms with Crippen LogP contribution in [0.5, 0.6) is 0 Å². The lowest BCUT2D eigenvalue weighted by atomic mass is 10.1. The molecule has 0 fully saturated rings. The molecule has 0 aliphatic rings. The van der Waals surface area contributed by atoms with Crippen molar-refractivity contribution in [2.24, 2.45) is 7.05 Å². The molecule has 128 valence electrons. The highest BCUT2D eigenvalue weighted by Gasteiger charge is 2.11. The van der Waals surface area contributed by atoms with E-state index in [4.69, 9.17) is 0 Å². The van der Waals surface area contributed by atoms with Gasteiger partial charge < -0.3 is 5.32 Å². The fourth-order valence-electron chi connectivity index (χ4n) is 2.52. The van der Waals surface area contributed by atoms with Crippen LogP contribution < -0.4 is 10.9 Å². The number of amides is 1. The lowest BCUT2D eigenvalue weighted by Crippen LogP contribution is -2.21. The third-order valence-corrected chi connectivity index (χ3v) is 4.92. The fourth-order valence-corrected chi connectivity index (χ4v) is 3.29. The highest BCUT2D eigenvalue weighted by Crippen LogP contribution is 2.18. The topological polar surface area (TPSA) is 64.0 Å². The van der Waals surface area contributed by atoms with E-state index in [2.05, 4.69) is 17.2 Å². The largest absolute Gasteiger partial charge is 0.325 e. The highest BCUT2D eigenvalue weighted by molar-refractivity contribution is 7.99. The fraction of sp³-hybridized carbons (Fsp3) is 0.211. The molecule has 0 atom stereocenters. The van der Waals surface area contributed by atoms with Crippen molar-refractivity contribution in [3.05, 3.63) is 64.4 Å². The first-order valence-corrected chi connectivity index (χ1v) is 9.04. The summed E-state index contributed by atoms with van der Waals surface area (Å²) in [6, 6.07) is 15.0. The summed E-state index contributed by atoms with van der Waals surface area (Å²) in [6.45, 7) is 2.07. The summed E-state index contributed by atoms with van der Waals surface area (Å²) in [7, 11) is 1.67. The molecule has 5 nitrogen and oxygen atoms in total. The summed E-state index contributed by atoms with van der Waals surface area (Å²) in [5, 5.41) is 3.99. The van der Waals surface area contributed by atoms with E-state index >= 15 is 0 Å². The number of hydrogen-bond acceptors (Lipinski definition) is 4. The number of carbonyl (C=O) groups is 1. The van der Waals surface area contributed by atoms with Crippen LogP contribution in [0.4, 0.5) is 5.69 Å². The van der Waals surface area contributed by atoms with Crippen molar-refractivity contribution in [2.75, 3.05) is 11.1 Å². The van der Waals surface area contributed by atoms with Gasteiger partial charge in [0.05, 0.1) is 16.7 Å². The van der Waals surface area contributed by atoms with Gasteiger partial charge in [-0.1, -0.05) is 43.0 Å². The van der Waals surface area contributed by atoms with Crippen molar-refractivity contribution in [1.82, 2.24) is 9.55 Å². The number of rotatable bonds is 5. The predicted octanol–water partition coefficient (Wildman–Crippen LogP) is 3.23. The first-order chi connectivity index (χ1) is 12.1. The summed E-state index contributed by atoms with van der Waals surface area (Å²) < 4.78 is 1.48. The van der Waals surface area contributed by atoms with Gasteiger partial charge in [-0.25, -0.2) is 4.98 Å². The number of carbonyl (C=O) groups excluding carboxylic acids is 1. The molecule has 3 rings (SSSR count). The van der Waals surface area contributed by atoms with Crippen molar-refractivity contribution < 1.29 is 4.79 Å². The Balaban J connectivity index is 1.73. The third-order valence-electron chi connectivity index (χ3n) is 3.89. The van der Waals surface area contributed by atoms with E-state index in [1.165, 1.54) is 21.9 Å². The van der Waals surface area contributed by atoms with Gasteiger partial charge in [-0.05, 0) is 36.2 Å². The van der Waals surface area contributed by atoms with Gasteiger partial charge in [0.15, 0.2) is 5.16 Å². The molecular formula is C19H19N3O2S. The molecule has 0 radical (unpaired) electrons. The van der Waals surface area contributed by atoms with Crippen LogP contribution in [0, 0.1) is 0 Å². The zero-order chi connectivity index (χ0) is 17.8. The lowest BCUT2D eigenvalue weighted by Gasteiger charge is -2.09. The smallest absolute Gasteiger partial charge is 0.261 e. The molecule has 6 heteroatoms. The lowest BCUT2D eigenvalue weighted by molar-refractivity contribution is -0.113. The molecule has 0 saturated heterocycles. The first-order valence-electron chi connectivity index (χ1n) is 8.06. The number of thioether (sulfide) groups is 1. The molecule has 25 heavy (non-hydrogen) atoms. The standard InChI is InChI=1S/C19H19N3O2S/c1-3-13-7-6-8-14(11-13)20-17(23)12-25-19-21-16-10-5-4-9-15(16)18(24)22(19)2/h4-11H,3,12H2,1-2H3,(H,20,23). The highest BCUT2D eigenvalue weighted by atomic mass is 32.2. The Bertz CT molecular complexity index is 982. The van der Waals surface area contributed by atoms with Crippen molar-refractivity contribution >= 4 is 34.3 Å². The average molecular weight is 353 g/mol. The van der Waals surface area contributed by atoms with E-state index in [1.54, 1.807) is 19.2 Å². The zero-order valence-electron chi connectivity index (χ0n) is 14.2. The van der Waals surface area contributed by atoms with Crippen molar-refractivity contribution in [3.63, 3.8) is 0 Å². The van der Waals surface area contributed by atoms with Gasteiger partial charge in [-0.2, -0.15) is 0 Å². The maximum atomic E-state index is 12.4. The second-order valence-corrected chi connectivity index (χ2v) is 6.61. The number of fused-ring (bicyclic) bond motifs is 1. The second kappa shape index (κ2) is 7.53. The van der Waals surface area contributed by atoms with Crippen molar-refractivity contribution in [3.8, 4) is 0 Å². The molecule has 0 spiro atoms. The van der Waals surface area contributed by atoms with E-state index in [9.17, 15) is 9.59 Å². The molecule has 1 amide bonds. The van der Waals surface area contributed by atoms with Gasteiger partial charge in [0, 0.05) is 12.7 Å². The van der Waals surface area contributed by atoms with E-state index in [-0.39, 0.29) is 17.2 Å². The SMILES string of the molecule is CCc1cccc(NC(=O)CSc2nc3ccccc3c(=O)n2C)c1. The quantitative estimate of drug-likeness (QED) is 0.565. The molecule has 3 aromatic rings. The zero-order valence-corrected chi connectivity index (χ0v) is 15.0. The maximum absolute atomic E-state index is 12.4. The number of aromatic nitrogens is 2. The van der Waals surface area contributed by atoms with Gasteiger partial charge in [0.2, 0.25) is 5.91 Å². The van der Waals surface area contributed by atoms with Crippen molar-refractivity contribution in [1.29, 1.82) is 0 Å². The van der Waals surface area contributed by atoms with Crippen LogP contribution in [0.25, 0.3) is 10.9 Å². The summed E-state index contributed by atoms with van der Waals surface area (Å²) in [5.74, 6) is 0.0651. The van der Waals surface area contributed by atoms with E-state index < -0.39 is 0 Å². The monoisotopic (exact) mass is 353 g/mol. The number of aryl methyl sites for hydroxylation is 1. The maximum Gasteiger partial charge on any atom is 0.261 e. The summed E-state index contributed by atoms with van der Waals surface area (Å²) in [4.78, 5) is 29.1. The number of benzene rings is 2. The number of hydrogen-bond donors (Lipinski definition) is 1. The van der Waals surface area contributed by atoms with Gasteiger partial charge in [-0.3, -0.25) is 14.2 Å². The van der Waals surface area contributed by atoms with Crippen LogP contribution >= 0.6 is 11.8 Å². The van der Waals surface area contributed by atoms with Crippen LogP contribution in [0.1, 0.15) is 12.5 Å².